The lowest BCUT2D eigenvalue weighted by Gasteiger charge is -2.34. The molecule has 1 saturated heterocycles. The van der Waals surface area contributed by atoms with Crippen LogP contribution < -0.4 is 18.9 Å². The van der Waals surface area contributed by atoms with Gasteiger partial charge < -0.3 is 28.7 Å². The van der Waals surface area contributed by atoms with Gasteiger partial charge in [-0.1, -0.05) is 12.1 Å². The van der Waals surface area contributed by atoms with Gasteiger partial charge in [0.25, 0.3) is 0 Å². The lowest BCUT2D eigenvalue weighted by Crippen LogP contribution is -2.47. The molecular weight excluding hydrogens is 356 g/mol. The van der Waals surface area contributed by atoms with Crippen molar-refractivity contribution >= 4 is 0 Å². The van der Waals surface area contributed by atoms with E-state index in [9.17, 15) is 0 Å². The summed E-state index contributed by atoms with van der Waals surface area (Å²) >= 11 is 0. The molecule has 0 amide bonds. The fourth-order valence-corrected chi connectivity index (χ4v) is 4.00. The summed E-state index contributed by atoms with van der Waals surface area (Å²) in [5.41, 5.74) is 2.63. The predicted octanol–water partition coefficient (Wildman–Crippen LogP) is 2.55. The molecule has 6 nitrogen and oxygen atoms in total. The minimum Gasteiger partial charge on any atom is -0.454 e. The second-order valence-electron chi connectivity index (χ2n) is 7.56. The van der Waals surface area contributed by atoms with Crippen LogP contribution in [0.1, 0.15) is 11.1 Å². The van der Waals surface area contributed by atoms with Gasteiger partial charge in [-0.15, -0.1) is 0 Å². The number of ether oxygens (including phenoxy) is 4. The Kier molecular flexibility index (Phi) is 4.97. The predicted molar refractivity (Wildman–Crippen MR) is 105 cm³/mol. The van der Waals surface area contributed by atoms with Crippen molar-refractivity contribution in [1.82, 2.24) is 9.80 Å². The van der Waals surface area contributed by atoms with Crippen molar-refractivity contribution in [2.45, 2.75) is 12.8 Å². The van der Waals surface area contributed by atoms with Gasteiger partial charge in [0.05, 0.1) is 0 Å². The molecule has 6 heteroatoms. The molecule has 5 rings (SSSR count). The first-order valence-corrected chi connectivity index (χ1v) is 10.1. The van der Waals surface area contributed by atoms with Gasteiger partial charge in [0.1, 0.15) is 0 Å². The summed E-state index contributed by atoms with van der Waals surface area (Å²) in [5.74, 6) is 3.48. The van der Waals surface area contributed by atoms with Gasteiger partial charge in [0, 0.05) is 39.3 Å². The van der Waals surface area contributed by atoms with Crippen LogP contribution in [0.3, 0.4) is 0 Å². The highest BCUT2D eigenvalue weighted by molar-refractivity contribution is 5.45. The highest BCUT2D eigenvalue weighted by Gasteiger charge is 2.18. The van der Waals surface area contributed by atoms with Crippen molar-refractivity contribution in [3.05, 3.63) is 47.5 Å². The SMILES string of the molecule is c1cc2c(cc1CCN1CCN(CCc3ccc4c(c3)OCO4)CC1)OCO2. The Morgan fingerprint density at radius 1 is 0.571 bits per heavy atom. The van der Waals surface area contributed by atoms with Crippen LogP contribution >= 0.6 is 0 Å². The third-order valence-electron chi connectivity index (χ3n) is 5.77. The zero-order valence-corrected chi connectivity index (χ0v) is 16.1. The number of nitrogens with zero attached hydrogens (tertiary/aromatic N) is 2. The molecule has 2 aromatic rings. The molecule has 3 heterocycles. The Hall–Kier alpha value is -2.44. The summed E-state index contributed by atoms with van der Waals surface area (Å²) in [7, 11) is 0. The molecule has 0 saturated carbocycles. The van der Waals surface area contributed by atoms with Gasteiger partial charge >= 0.3 is 0 Å². The molecule has 0 N–H and O–H groups in total. The van der Waals surface area contributed by atoms with Crippen LogP contribution in [0.15, 0.2) is 36.4 Å². The van der Waals surface area contributed by atoms with Gasteiger partial charge in [0.15, 0.2) is 23.0 Å². The first-order chi connectivity index (χ1) is 13.8. The Labute approximate surface area is 165 Å². The molecule has 148 valence electrons. The van der Waals surface area contributed by atoms with Crippen LogP contribution in [0, 0.1) is 0 Å². The standard InChI is InChI=1S/C22H26N2O4/c1-3-19-21(27-15-25-19)13-17(1)5-7-23-9-11-24(12-10-23)8-6-18-2-4-20-22(14-18)28-16-26-20/h1-4,13-14H,5-12,15-16H2. The van der Waals surface area contributed by atoms with Gasteiger partial charge in [-0.2, -0.15) is 0 Å². The number of rotatable bonds is 6. The third-order valence-corrected chi connectivity index (χ3v) is 5.77. The van der Waals surface area contributed by atoms with Gasteiger partial charge in [-0.3, -0.25) is 0 Å². The van der Waals surface area contributed by atoms with E-state index in [2.05, 4.69) is 34.1 Å². The second-order valence-corrected chi connectivity index (χ2v) is 7.56. The molecule has 0 bridgehead atoms. The molecule has 28 heavy (non-hydrogen) atoms. The van der Waals surface area contributed by atoms with Crippen molar-refractivity contribution in [3.8, 4) is 23.0 Å². The number of hydrogen-bond acceptors (Lipinski definition) is 6. The molecule has 2 aromatic carbocycles. The second kappa shape index (κ2) is 7.89. The fourth-order valence-electron chi connectivity index (χ4n) is 4.00. The van der Waals surface area contributed by atoms with E-state index >= 15 is 0 Å². The molecule has 0 spiro atoms. The summed E-state index contributed by atoms with van der Waals surface area (Å²) in [6.45, 7) is 7.39. The summed E-state index contributed by atoms with van der Waals surface area (Å²) in [6, 6.07) is 12.6. The Balaban J connectivity index is 1.05. The smallest absolute Gasteiger partial charge is 0.231 e. The lowest BCUT2D eigenvalue weighted by molar-refractivity contribution is 0.134. The molecular formula is C22H26N2O4. The van der Waals surface area contributed by atoms with Crippen molar-refractivity contribution in [1.29, 1.82) is 0 Å². The maximum atomic E-state index is 5.48. The van der Waals surface area contributed by atoms with E-state index in [1.54, 1.807) is 0 Å². The van der Waals surface area contributed by atoms with Crippen LogP contribution in [0.5, 0.6) is 23.0 Å². The van der Waals surface area contributed by atoms with Crippen LogP contribution in [0.2, 0.25) is 0 Å². The maximum absolute atomic E-state index is 5.48. The number of piperazine rings is 1. The average molecular weight is 382 g/mol. The average Bonchev–Trinajstić information content (AvgIpc) is 3.39. The normalized spacial score (nSPS) is 18.6. The van der Waals surface area contributed by atoms with E-state index in [4.69, 9.17) is 18.9 Å². The zero-order chi connectivity index (χ0) is 18.8. The van der Waals surface area contributed by atoms with Crippen molar-refractivity contribution in [2.24, 2.45) is 0 Å². The topological polar surface area (TPSA) is 43.4 Å². The summed E-state index contributed by atoms with van der Waals surface area (Å²) in [4.78, 5) is 5.11. The minimum atomic E-state index is 0.340. The monoisotopic (exact) mass is 382 g/mol. The van der Waals surface area contributed by atoms with Gasteiger partial charge in [-0.25, -0.2) is 0 Å². The Bertz CT molecular complexity index is 764. The summed E-state index contributed by atoms with van der Waals surface area (Å²) < 4.78 is 21.7. The third kappa shape index (κ3) is 3.88. The van der Waals surface area contributed by atoms with Crippen LogP contribution in [-0.2, 0) is 12.8 Å². The highest BCUT2D eigenvalue weighted by Crippen LogP contribution is 2.33. The van der Waals surface area contributed by atoms with E-state index in [0.717, 1.165) is 75.1 Å². The molecule has 0 unspecified atom stereocenters. The highest BCUT2D eigenvalue weighted by atomic mass is 16.7. The van der Waals surface area contributed by atoms with E-state index in [1.807, 2.05) is 12.1 Å². The maximum Gasteiger partial charge on any atom is 0.231 e. The first-order valence-electron chi connectivity index (χ1n) is 10.1. The molecule has 0 aliphatic carbocycles. The largest absolute Gasteiger partial charge is 0.454 e. The minimum absolute atomic E-state index is 0.340. The molecule has 3 aliphatic heterocycles. The number of benzene rings is 2. The molecule has 0 radical (unpaired) electrons. The summed E-state index contributed by atoms with van der Waals surface area (Å²) in [6.07, 6.45) is 2.10. The Morgan fingerprint density at radius 3 is 1.46 bits per heavy atom. The summed E-state index contributed by atoms with van der Waals surface area (Å²) in [5, 5.41) is 0. The van der Waals surface area contributed by atoms with Crippen molar-refractivity contribution < 1.29 is 18.9 Å². The quantitative estimate of drug-likeness (QED) is 0.765. The molecule has 0 atom stereocenters. The van der Waals surface area contributed by atoms with E-state index in [1.165, 1.54) is 11.1 Å². The fraction of sp³-hybridized carbons (Fsp3) is 0.455. The molecule has 0 aromatic heterocycles. The van der Waals surface area contributed by atoms with Crippen LogP contribution in [-0.4, -0.2) is 62.7 Å². The molecule has 3 aliphatic rings. The van der Waals surface area contributed by atoms with Crippen LogP contribution in [0.25, 0.3) is 0 Å². The zero-order valence-electron chi connectivity index (χ0n) is 16.1. The molecule has 1 fully saturated rings. The number of fused-ring (bicyclic) bond motifs is 2. The lowest BCUT2D eigenvalue weighted by atomic mass is 10.1. The Morgan fingerprint density at radius 2 is 1.00 bits per heavy atom. The van der Waals surface area contributed by atoms with Crippen molar-refractivity contribution in [2.75, 3.05) is 52.9 Å². The number of hydrogen-bond donors (Lipinski definition) is 0. The van der Waals surface area contributed by atoms with Crippen molar-refractivity contribution in [3.63, 3.8) is 0 Å². The van der Waals surface area contributed by atoms with Gasteiger partial charge in [0.2, 0.25) is 13.6 Å². The first kappa shape index (κ1) is 17.6. The van der Waals surface area contributed by atoms with Crippen LogP contribution in [0.4, 0.5) is 0 Å². The van der Waals surface area contributed by atoms with Gasteiger partial charge in [-0.05, 0) is 48.2 Å². The van der Waals surface area contributed by atoms with E-state index in [-0.39, 0.29) is 0 Å². The van der Waals surface area contributed by atoms with E-state index in [0.29, 0.717) is 13.6 Å². The van der Waals surface area contributed by atoms with E-state index < -0.39 is 0 Å².